The number of H-pyrrole nitrogens is 2. The zero-order valence-electron chi connectivity index (χ0n) is 28.8. The number of likely N-dealkylation sites (tertiary alicyclic amines) is 2. The molecule has 2 atom stereocenters. The first-order valence-electron chi connectivity index (χ1n) is 16.6. The summed E-state index contributed by atoms with van der Waals surface area (Å²) in [4.78, 5) is 47.2. The Hall–Kier alpha value is -4.30. The molecule has 5 aromatic rings. The van der Waals surface area contributed by atoms with Crippen LogP contribution in [0.4, 0.5) is 9.59 Å². The SMILES string of the molecule is COc1c2cc(-c3cnc([C@@H]4CCCN4C(=O)OC(C)(C)C)[nH]3)sc2c(O)c2cc(-c3cnc([C@@H]4CCCN4C(=O)OC(C)(C)C)[nH]3)sc12. The molecule has 6 heterocycles. The molecule has 4 aromatic heterocycles. The lowest BCUT2D eigenvalue weighted by molar-refractivity contribution is 0.0208. The van der Waals surface area contributed by atoms with Crippen molar-refractivity contribution in [2.75, 3.05) is 20.2 Å². The Bertz CT molecular complexity index is 1910. The average molecular weight is 707 g/mol. The van der Waals surface area contributed by atoms with E-state index < -0.39 is 11.2 Å². The number of nitrogens with zero attached hydrogens (tertiary/aromatic N) is 4. The minimum Gasteiger partial charge on any atom is -0.506 e. The quantitative estimate of drug-likeness (QED) is 0.164. The van der Waals surface area contributed by atoms with Crippen LogP contribution in [0, 0.1) is 0 Å². The fourth-order valence-corrected chi connectivity index (χ4v) is 8.87. The average Bonchev–Trinajstić information content (AvgIpc) is 3.84. The number of hydrogen-bond acceptors (Lipinski definition) is 10. The summed E-state index contributed by atoms with van der Waals surface area (Å²) in [5, 5.41) is 13.1. The van der Waals surface area contributed by atoms with E-state index in [2.05, 4.69) is 19.9 Å². The molecule has 0 saturated carbocycles. The van der Waals surface area contributed by atoms with Gasteiger partial charge in [0.05, 0.1) is 62.1 Å². The molecule has 2 fully saturated rings. The van der Waals surface area contributed by atoms with Gasteiger partial charge in [0.25, 0.3) is 0 Å². The molecule has 2 aliphatic rings. The van der Waals surface area contributed by atoms with Gasteiger partial charge in [-0.2, -0.15) is 0 Å². The number of fused-ring (bicyclic) bond motifs is 2. The molecule has 0 spiro atoms. The highest BCUT2D eigenvalue weighted by molar-refractivity contribution is 7.24. The molecule has 260 valence electrons. The molecule has 2 aliphatic heterocycles. The largest absolute Gasteiger partial charge is 0.506 e. The molecule has 7 rings (SSSR count). The molecular weight excluding hydrogens is 665 g/mol. The Morgan fingerprint density at radius 2 is 1.27 bits per heavy atom. The lowest BCUT2D eigenvalue weighted by atomic mass is 10.1. The van der Waals surface area contributed by atoms with Crippen LogP contribution in [0.1, 0.15) is 91.0 Å². The van der Waals surface area contributed by atoms with Gasteiger partial charge in [0, 0.05) is 23.9 Å². The monoisotopic (exact) mass is 706 g/mol. The van der Waals surface area contributed by atoms with Crippen LogP contribution >= 0.6 is 22.7 Å². The molecule has 0 radical (unpaired) electrons. The van der Waals surface area contributed by atoms with Crippen molar-refractivity contribution in [2.45, 2.75) is 90.5 Å². The number of phenolic OH excluding ortho intramolecular Hbond substituents is 1. The Labute approximate surface area is 292 Å². The number of amides is 2. The number of carbonyl (C=O) groups is 2. The summed E-state index contributed by atoms with van der Waals surface area (Å²) < 4.78 is 18.8. The normalized spacial score (nSPS) is 18.6. The third-order valence-electron chi connectivity index (χ3n) is 8.70. The second kappa shape index (κ2) is 12.2. The van der Waals surface area contributed by atoms with Gasteiger partial charge in [-0.3, -0.25) is 9.80 Å². The second-order valence-electron chi connectivity index (χ2n) is 14.6. The molecule has 2 amide bonds. The number of aromatic amines is 2. The van der Waals surface area contributed by atoms with E-state index in [1.54, 1.807) is 29.3 Å². The minimum atomic E-state index is -0.576. The van der Waals surface area contributed by atoms with Crippen molar-refractivity contribution in [2.24, 2.45) is 0 Å². The molecule has 12 nitrogen and oxygen atoms in total. The number of phenols is 1. The van der Waals surface area contributed by atoms with Crippen LogP contribution in [-0.2, 0) is 9.47 Å². The number of methoxy groups -OCH3 is 1. The number of aromatic hydroxyl groups is 1. The number of imidazole rings is 2. The summed E-state index contributed by atoms with van der Waals surface area (Å²) in [6.07, 6.45) is 6.22. The van der Waals surface area contributed by atoms with E-state index in [9.17, 15) is 14.7 Å². The number of carbonyl (C=O) groups excluding carboxylic acids is 2. The van der Waals surface area contributed by atoms with Crippen LogP contribution in [0.5, 0.6) is 11.5 Å². The zero-order valence-corrected chi connectivity index (χ0v) is 30.4. The number of thiophene rings is 2. The molecular formula is C35H42N6O6S2. The van der Waals surface area contributed by atoms with E-state index in [1.165, 1.54) is 22.7 Å². The highest BCUT2D eigenvalue weighted by Crippen LogP contribution is 2.52. The van der Waals surface area contributed by atoms with Gasteiger partial charge in [-0.05, 0) is 79.4 Å². The maximum atomic E-state index is 12.9. The number of aromatic nitrogens is 4. The zero-order chi connectivity index (χ0) is 34.8. The molecule has 14 heteroatoms. The first kappa shape index (κ1) is 33.2. The van der Waals surface area contributed by atoms with Crippen LogP contribution in [-0.4, -0.2) is 78.4 Å². The lowest BCUT2D eigenvalue weighted by Gasteiger charge is -2.27. The summed E-state index contributed by atoms with van der Waals surface area (Å²) in [6.45, 7) is 12.4. The second-order valence-corrected chi connectivity index (χ2v) is 16.7. The van der Waals surface area contributed by atoms with E-state index in [-0.39, 0.29) is 30.0 Å². The Morgan fingerprint density at radius 1 is 0.796 bits per heavy atom. The van der Waals surface area contributed by atoms with Crippen LogP contribution in [0.3, 0.4) is 0 Å². The molecule has 0 aliphatic carbocycles. The van der Waals surface area contributed by atoms with Crippen molar-refractivity contribution in [1.82, 2.24) is 29.7 Å². The first-order chi connectivity index (χ1) is 23.2. The van der Waals surface area contributed by atoms with Gasteiger partial charge in [-0.15, -0.1) is 22.7 Å². The topological polar surface area (TPSA) is 146 Å². The van der Waals surface area contributed by atoms with E-state index in [1.807, 2.05) is 53.7 Å². The van der Waals surface area contributed by atoms with E-state index >= 15 is 0 Å². The minimum absolute atomic E-state index is 0.183. The van der Waals surface area contributed by atoms with Gasteiger partial charge < -0.3 is 29.3 Å². The van der Waals surface area contributed by atoms with E-state index in [0.717, 1.165) is 56.9 Å². The Balaban J connectivity index is 1.17. The number of nitrogens with one attached hydrogen (secondary N) is 2. The molecule has 3 N–H and O–H groups in total. The Kier molecular flexibility index (Phi) is 8.29. The predicted octanol–water partition coefficient (Wildman–Crippen LogP) is 8.75. The highest BCUT2D eigenvalue weighted by atomic mass is 32.1. The molecule has 0 unspecified atom stereocenters. The van der Waals surface area contributed by atoms with Crippen molar-refractivity contribution in [3.05, 3.63) is 36.2 Å². The predicted molar refractivity (Wildman–Crippen MR) is 190 cm³/mol. The molecule has 0 bridgehead atoms. The fourth-order valence-electron chi connectivity index (χ4n) is 6.63. The third kappa shape index (κ3) is 6.31. The van der Waals surface area contributed by atoms with Crippen LogP contribution in [0.2, 0.25) is 0 Å². The third-order valence-corrected chi connectivity index (χ3v) is 11.0. The van der Waals surface area contributed by atoms with Crippen molar-refractivity contribution < 1.29 is 28.9 Å². The number of benzene rings is 1. The van der Waals surface area contributed by atoms with Crippen molar-refractivity contribution in [1.29, 1.82) is 0 Å². The van der Waals surface area contributed by atoms with Crippen molar-refractivity contribution in [3.8, 4) is 32.6 Å². The molecule has 1 aromatic carbocycles. The van der Waals surface area contributed by atoms with Gasteiger partial charge in [0.1, 0.15) is 34.3 Å². The van der Waals surface area contributed by atoms with Gasteiger partial charge in [-0.1, -0.05) is 0 Å². The van der Waals surface area contributed by atoms with Crippen LogP contribution in [0.15, 0.2) is 24.5 Å². The number of hydrogen-bond donors (Lipinski definition) is 3. The Morgan fingerprint density at radius 3 is 1.73 bits per heavy atom. The van der Waals surface area contributed by atoms with Gasteiger partial charge >= 0.3 is 12.2 Å². The maximum absolute atomic E-state index is 12.9. The number of ether oxygens (including phenoxy) is 3. The number of rotatable bonds is 5. The van der Waals surface area contributed by atoms with E-state index in [4.69, 9.17) is 14.2 Å². The van der Waals surface area contributed by atoms with Crippen molar-refractivity contribution >= 4 is 55.0 Å². The van der Waals surface area contributed by atoms with Crippen molar-refractivity contribution in [3.63, 3.8) is 0 Å². The fraction of sp³-hybridized carbons (Fsp3) is 0.486. The van der Waals surface area contributed by atoms with Crippen LogP contribution < -0.4 is 4.74 Å². The van der Waals surface area contributed by atoms with Gasteiger partial charge in [0.15, 0.2) is 0 Å². The standard InChI is InChI=1S/C35H42N6O6S2/c1-34(2,3)46-32(43)40-12-8-10-22(40)30-36-16-20(38-30)24-14-18-26(42)28-19(27(45-7)29(18)49-24)15-25(48-28)21-17-37-31(39-21)23-11-9-13-41(23)33(44)47-35(4,5)6/h14-17,22-23,42H,8-13H2,1-7H3,(H,36,38)(H,37,39)/t22-,23-/m0/s1. The summed E-state index contributed by atoms with van der Waals surface area (Å²) in [5.74, 6) is 2.29. The summed E-state index contributed by atoms with van der Waals surface area (Å²) in [6, 6.07) is 3.58. The lowest BCUT2D eigenvalue weighted by Crippen LogP contribution is -2.36. The summed E-state index contributed by atoms with van der Waals surface area (Å²) >= 11 is 2.96. The molecule has 49 heavy (non-hydrogen) atoms. The summed E-state index contributed by atoms with van der Waals surface area (Å²) in [5.41, 5.74) is 0.449. The van der Waals surface area contributed by atoms with E-state index in [0.29, 0.717) is 40.6 Å². The molecule has 2 saturated heterocycles. The van der Waals surface area contributed by atoms with Gasteiger partial charge in [-0.25, -0.2) is 19.6 Å². The van der Waals surface area contributed by atoms with Gasteiger partial charge in [0.2, 0.25) is 0 Å². The van der Waals surface area contributed by atoms with Crippen LogP contribution in [0.25, 0.3) is 41.3 Å². The smallest absolute Gasteiger partial charge is 0.410 e. The first-order valence-corrected chi connectivity index (χ1v) is 18.2. The summed E-state index contributed by atoms with van der Waals surface area (Å²) in [7, 11) is 1.64. The highest BCUT2D eigenvalue weighted by Gasteiger charge is 2.36. The maximum Gasteiger partial charge on any atom is 0.410 e.